The Bertz CT molecular complexity index is 1600. The number of pyridine rings is 1. The lowest BCUT2D eigenvalue weighted by Gasteiger charge is -2.39. The van der Waals surface area contributed by atoms with Crippen molar-refractivity contribution in [2.75, 3.05) is 27.6 Å². The Balaban J connectivity index is 1.36. The highest BCUT2D eigenvalue weighted by molar-refractivity contribution is 6.00. The SMILES string of the molecule is [2H]C([2H])([2H])N(C)C1CCC([C@@]2(C)Oc3c(C)c4c(c(F)c3O2)C2(CC2)C([2H])([2H])N(Cc2c(OC)cc(C)[nH]c2=O)C4=O)CC1. The number of aryl methyl sites for hydroxylation is 1. The summed E-state index contributed by atoms with van der Waals surface area (Å²) in [4.78, 5) is 32.2. The zero-order valence-electron chi connectivity index (χ0n) is 28.0. The lowest BCUT2D eigenvalue weighted by atomic mass is 9.81. The van der Waals surface area contributed by atoms with Crippen LogP contribution < -0.4 is 19.8 Å². The van der Waals surface area contributed by atoms with Crippen molar-refractivity contribution in [2.24, 2.45) is 5.92 Å². The van der Waals surface area contributed by atoms with Gasteiger partial charge in [-0.15, -0.1) is 0 Å². The molecule has 3 heterocycles. The van der Waals surface area contributed by atoms with E-state index in [9.17, 15) is 9.59 Å². The maximum Gasteiger partial charge on any atom is 0.256 e. The maximum absolute atomic E-state index is 16.6. The third-order valence-corrected chi connectivity index (χ3v) is 8.99. The summed E-state index contributed by atoms with van der Waals surface area (Å²) >= 11 is 0. The zero-order valence-corrected chi connectivity index (χ0v) is 23.0. The van der Waals surface area contributed by atoms with Gasteiger partial charge in [-0.2, -0.15) is 0 Å². The zero-order chi connectivity index (χ0) is 32.1. The number of aromatic nitrogens is 1. The van der Waals surface area contributed by atoms with Gasteiger partial charge in [0.05, 0.1) is 27.5 Å². The van der Waals surface area contributed by atoms with Gasteiger partial charge in [-0.25, -0.2) is 4.39 Å². The second-order valence-electron chi connectivity index (χ2n) is 11.6. The van der Waals surface area contributed by atoms with Crippen molar-refractivity contribution in [1.29, 1.82) is 0 Å². The minimum absolute atomic E-state index is 0.000593. The van der Waals surface area contributed by atoms with E-state index in [1.54, 1.807) is 33.9 Å². The normalized spacial score (nSPS) is 30.3. The van der Waals surface area contributed by atoms with Crippen LogP contribution in [-0.4, -0.2) is 60.2 Å². The molecule has 2 fully saturated rings. The van der Waals surface area contributed by atoms with E-state index in [0.29, 0.717) is 49.8 Å². The van der Waals surface area contributed by atoms with Gasteiger partial charge in [-0.3, -0.25) is 9.59 Å². The average Bonchev–Trinajstić information content (AvgIpc) is 3.68. The number of H-pyrrole nitrogens is 1. The van der Waals surface area contributed by atoms with E-state index < -0.39 is 42.0 Å². The number of fused-ring (bicyclic) bond motifs is 3. The topological polar surface area (TPSA) is 84.1 Å². The molecule has 8 nitrogen and oxygen atoms in total. The van der Waals surface area contributed by atoms with E-state index in [4.69, 9.17) is 21.1 Å². The van der Waals surface area contributed by atoms with Crippen molar-refractivity contribution < 1.29 is 30.2 Å². The van der Waals surface area contributed by atoms with Gasteiger partial charge in [0.2, 0.25) is 5.75 Å². The Morgan fingerprint density at radius 3 is 2.56 bits per heavy atom. The fraction of sp³-hybridized carbons (Fsp3) is 0.600. The van der Waals surface area contributed by atoms with E-state index in [2.05, 4.69) is 4.98 Å². The summed E-state index contributed by atoms with van der Waals surface area (Å²) in [6, 6.07) is 1.48. The third-order valence-electron chi connectivity index (χ3n) is 8.99. The summed E-state index contributed by atoms with van der Waals surface area (Å²) in [7, 11) is 3.00. The number of amides is 1. The lowest BCUT2D eigenvalue weighted by molar-refractivity contribution is -0.124. The number of benzene rings is 1. The van der Waals surface area contributed by atoms with Gasteiger partial charge in [-0.05, 0) is 72.5 Å². The molecule has 1 amide bonds. The molecule has 6 rings (SSSR count). The summed E-state index contributed by atoms with van der Waals surface area (Å²) in [5.74, 6) is -2.72. The number of rotatable bonds is 5. The quantitative estimate of drug-likeness (QED) is 0.600. The molecule has 1 atom stereocenters. The number of methoxy groups -OCH3 is 1. The molecule has 2 aliphatic carbocycles. The van der Waals surface area contributed by atoms with Crippen LogP contribution in [0.5, 0.6) is 17.2 Å². The number of aromatic amines is 1. The first kappa shape index (κ1) is 20.8. The molecule has 2 saturated carbocycles. The lowest BCUT2D eigenvalue weighted by Crippen LogP contribution is -2.46. The van der Waals surface area contributed by atoms with Crippen LogP contribution in [0.3, 0.4) is 0 Å². The molecule has 0 radical (unpaired) electrons. The smallest absolute Gasteiger partial charge is 0.256 e. The number of hydrogen-bond donors (Lipinski definition) is 1. The first-order chi connectivity index (χ1) is 20.5. The Morgan fingerprint density at radius 1 is 1.23 bits per heavy atom. The summed E-state index contributed by atoms with van der Waals surface area (Å²) in [6.45, 7) is 0.210. The predicted octanol–water partition coefficient (Wildman–Crippen LogP) is 4.43. The number of carbonyl (C=O) groups is 1. The number of nitrogens with one attached hydrogen (secondary N) is 1. The largest absolute Gasteiger partial charge is 0.496 e. The van der Waals surface area contributed by atoms with Crippen LogP contribution in [0.1, 0.15) is 85.0 Å². The molecule has 0 bridgehead atoms. The van der Waals surface area contributed by atoms with E-state index >= 15 is 4.39 Å². The molecule has 210 valence electrons. The Labute approximate surface area is 235 Å². The Morgan fingerprint density at radius 2 is 1.92 bits per heavy atom. The molecule has 2 aromatic rings. The van der Waals surface area contributed by atoms with Gasteiger partial charge in [0.1, 0.15) is 5.75 Å². The van der Waals surface area contributed by atoms with E-state index in [-0.39, 0.29) is 52.4 Å². The van der Waals surface area contributed by atoms with E-state index in [1.165, 1.54) is 12.0 Å². The van der Waals surface area contributed by atoms with Gasteiger partial charge < -0.3 is 29.0 Å². The summed E-state index contributed by atoms with van der Waals surface area (Å²) < 4.78 is 76.1. The number of hydrogen-bond acceptors (Lipinski definition) is 6. The average molecular weight is 545 g/mol. The first-order valence-electron chi connectivity index (χ1n) is 16.0. The molecule has 1 N–H and O–H groups in total. The fourth-order valence-corrected chi connectivity index (χ4v) is 6.58. The number of carbonyl (C=O) groups excluding carboxylic acids is 1. The molecule has 0 unspecified atom stereocenters. The second-order valence-corrected chi connectivity index (χ2v) is 11.6. The van der Waals surface area contributed by atoms with Crippen molar-refractivity contribution in [3.8, 4) is 17.2 Å². The van der Waals surface area contributed by atoms with Gasteiger partial charge in [-0.1, -0.05) is 0 Å². The highest BCUT2D eigenvalue weighted by atomic mass is 19.1. The van der Waals surface area contributed by atoms with Gasteiger partial charge >= 0.3 is 0 Å². The molecular weight excluding hydrogens is 501 g/mol. The molecule has 1 aromatic heterocycles. The van der Waals surface area contributed by atoms with Crippen LogP contribution in [0.15, 0.2) is 10.9 Å². The number of halogens is 1. The third kappa shape index (κ3) is 4.03. The van der Waals surface area contributed by atoms with Crippen LogP contribution in [0, 0.1) is 25.6 Å². The van der Waals surface area contributed by atoms with Crippen LogP contribution in [0.4, 0.5) is 4.39 Å². The van der Waals surface area contributed by atoms with Crippen molar-refractivity contribution in [2.45, 2.75) is 83.1 Å². The van der Waals surface area contributed by atoms with Crippen molar-refractivity contribution in [3.05, 3.63) is 50.2 Å². The Kier molecular flexibility index (Phi) is 4.78. The molecule has 1 aromatic carbocycles. The summed E-state index contributed by atoms with van der Waals surface area (Å²) in [5, 5.41) is 0. The molecule has 1 spiro atoms. The van der Waals surface area contributed by atoms with Crippen LogP contribution in [0.2, 0.25) is 0 Å². The Hall–Kier alpha value is -3.07. The van der Waals surface area contributed by atoms with E-state index in [1.807, 2.05) is 0 Å². The summed E-state index contributed by atoms with van der Waals surface area (Å²) in [5.41, 5.74) is -0.763. The molecule has 0 saturated heterocycles. The summed E-state index contributed by atoms with van der Waals surface area (Å²) in [6.07, 6.45) is 3.03. The monoisotopic (exact) mass is 544 g/mol. The van der Waals surface area contributed by atoms with Crippen molar-refractivity contribution >= 4 is 5.91 Å². The molecule has 9 heteroatoms. The van der Waals surface area contributed by atoms with Crippen LogP contribution in [-0.2, 0) is 12.0 Å². The maximum atomic E-state index is 16.6. The standard InChI is InChI=1S/C30H38FN3O5/c1-16-13-21(37-6)20(27(35)32-16)14-34-15-30(11-12-30)23-22(28(34)36)17(2)25-26(24(23)31)39-29(3,38-25)18-7-9-19(10-8-18)33(4)5/h13,18-19H,7-12,14-15H2,1-6H3,(H,32,35)/t18?,19?,29-/m0/s1/i4D3,15D2. The second kappa shape index (κ2) is 8.98. The number of nitrogens with zero attached hydrogens (tertiary/aromatic N) is 2. The van der Waals surface area contributed by atoms with Crippen LogP contribution >= 0.6 is 0 Å². The minimum Gasteiger partial charge on any atom is -0.496 e. The van der Waals surface area contributed by atoms with Crippen molar-refractivity contribution in [1.82, 2.24) is 14.8 Å². The highest BCUT2D eigenvalue weighted by Crippen LogP contribution is 2.59. The van der Waals surface area contributed by atoms with Crippen LogP contribution in [0.25, 0.3) is 0 Å². The van der Waals surface area contributed by atoms with Gasteiger partial charge in [0.25, 0.3) is 17.3 Å². The first-order valence-corrected chi connectivity index (χ1v) is 13.5. The fourth-order valence-electron chi connectivity index (χ4n) is 6.58. The molecule has 39 heavy (non-hydrogen) atoms. The molecular formula is C30H38FN3O5. The molecule has 2 aliphatic heterocycles. The molecule has 4 aliphatic rings. The minimum atomic E-state index is -2.31. The highest BCUT2D eigenvalue weighted by Gasteiger charge is 2.57. The van der Waals surface area contributed by atoms with E-state index in [0.717, 1.165) is 4.90 Å². The predicted molar refractivity (Wildman–Crippen MR) is 144 cm³/mol. The van der Waals surface area contributed by atoms with Gasteiger partial charge in [0, 0.05) is 51.7 Å². The van der Waals surface area contributed by atoms with Gasteiger partial charge in [0.15, 0.2) is 11.6 Å². The van der Waals surface area contributed by atoms with Crippen molar-refractivity contribution in [3.63, 3.8) is 0 Å². The number of ether oxygens (including phenoxy) is 3.